The summed E-state index contributed by atoms with van der Waals surface area (Å²) in [6.07, 6.45) is 0. The predicted molar refractivity (Wildman–Crippen MR) is 119 cm³/mol. The van der Waals surface area contributed by atoms with Gasteiger partial charge in [-0.25, -0.2) is 9.59 Å². The molecule has 0 radical (unpaired) electrons. The van der Waals surface area contributed by atoms with Gasteiger partial charge in [-0.1, -0.05) is 15.9 Å². The first-order chi connectivity index (χ1) is 14.8. The Kier molecular flexibility index (Phi) is 9.42. The molecule has 3 rings (SSSR count). The molecule has 0 atom stereocenters. The Labute approximate surface area is 192 Å². The number of hydrogen-bond acceptors (Lipinski definition) is 8. The molecule has 0 spiro atoms. The Morgan fingerprint density at radius 1 is 0.935 bits per heavy atom. The minimum atomic E-state index is -0.530. The molecule has 0 amide bonds. The molecule has 2 aromatic heterocycles. The Morgan fingerprint density at radius 2 is 1.42 bits per heavy atom. The van der Waals surface area contributed by atoms with Crippen molar-refractivity contribution in [2.45, 2.75) is 31.1 Å². The average Bonchev–Trinajstić information content (AvgIpc) is 3.34. The first kappa shape index (κ1) is 24.8. The van der Waals surface area contributed by atoms with Crippen molar-refractivity contribution in [3.05, 3.63) is 75.0 Å². The van der Waals surface area contributed by atoms with Gasteiger partial charge in [-0.2, -0.15) is 0 Å². The number of aliphatic hydroxyl groups excluding tert-OH is 1. The number of rotatable bonds is 6. The van der Waals surface area contributed by atoms with Gasteiger partial charge >= 0.3 is 11.9 Å². The van der Waals surface area contributed by atoms with E-state index in [0.717, 1.165) is 21.5 Å². The van der Waals surface area contributed by atoms with Gasteiger partial charge in [0.2, 0.25) is 11.5 Å². The summed E-state index contributed by atoms with van der Waals surface area (Å²) in [5.41, 5.74) is 1.61. The zero-order valence-corrected chi connectivity index (χ0v) is 20.0. The summed E-state index contributed by atoms with van der Waals surface area (Å²) >= 11 is 5.10. The minimum absolute atomic E-state index is 0.124. The molecule has 0 aliphatic rings. The third kappa shape index (κ3) is 7.02. The SMILES string of the molecule is COC(=O)c1cc(CO)c(C)o1.COC(=O)c1cc(CSc2ccc(Br)cc2)c(C)o1. The Balaban J connectivity index is 0.000000245. The number of benzene rings is 1. The topological polar surface area (TPSA) is 99.1 Å². The summed E-state index contributed by atoms with van der Waals surface area (Å²) in [6, 6.07) is 11.3. The van der Waals surface area contributed by atoms with Crippen molar-refractivity contribution < 1.29 is 33.0 Å². The number of furan rings is 2. The second-order valence-corrected chi connectivity index (χ2v) is 8.23. The zero-order chi connectivity index (χ0) is 23.0. The van der Waals surface area contributed by atoms with E-state index < -0.39 is 11.9 Å². The normalized spacial score (nSPS) is 10.3. The van der Waals surface area contributed by atoms with Crippen LogP contribution in [-0.4, -0.2) is 31.3 Å². The lowest BCUT2D eigenvalue weighted by Crippen LogP contribution is -1.98. The molecular weight excluding hydrogens is 488 g/mol. The van der Waals surface area contributed by atoms with E-state index in [1.54, 1.807) is 24.8 Å². The third-order valence-corrected chi connectivity index (χ3v) is 5.78. The molecule has 1 N–H and O–H groups in total. The molecule has 0 saturated carbocycles. The number of aryl methyl sites for hydroxylation is 2. The Hall–Kier alpha value is -2.49. The van der Waals surface area contributed by atoms with Crippen LogP contribution in [0.25, 0.3) is 0 Å². The van der Waals surface area contributed by atoms with Crippen molar-refractivity contribution in [2.75, 3.05) is 14.2 Å². The highest BCUT2D eigenvalue weighted by atomic mass is 79.9. The first-order valence-electron chi connectivity index (χ1n) is 9.13. The summed E-state index contributed by atoms with van der Waals surface area (Å²) in [4.78, 5) is 23.4. The van der Waals surface area contributed by atoms with Gasteiger partial charge in [0.25, 0.3) is 0 Å². The van der Waals surface area contributed by atoms with Crippen LogP contribution in [0.1, 0.15) is 43.8 Å². The third-order valence-electron chi connectivity index (χ3n) is 4.19. The molecule has 0 aliphatic carbocycles. The summed E-state index contributed by atoms with van der Waals surface area (Å²) in [7, 11) is 2.62. The van der Waals surface area contributed by atoms with Gasteiger partial charge in [0.05, 0.1) is 20.8 Å². The number of carbonyl (C=O) groups is 2. The molecule has 7 nitrogen and oxygen atoms in total. The van der Waals surface area contributed by atoms with Crippen LogP contribution in [0, 0.1) is 13.8 Å². The van der Waals surface area contributed by atoms with Crippen molar-refractivity contribution in [2.24, 2.45) is 0 Å². The molecule has 31 heavy (non-hydrogen) atoms. The zero-order valence-electron chi connectivity index (χ0n) is 17.6. The maximum absolute atomic E-state index is 11.4. The number of ether oxygens (including phenoxy) is 2. The fourth-order valence-corrected chi connectivity index (χ4v) is 3.64. The number of esters is 2. The largest absolute Gasteiger partial charge is 0.463 e. The number of thioether (sulfide) groups is 1. The molecular formula is C22H23BrO7S. The quantitative estimate of drug-likeness (QED) is 0.352. The molecule has 9 heteroatoms. The van der Waals surface area contributed by atoms with Crippen LogP contribution in [0.15, 0.2) is 54.6 Å². The van der Waals surface area contributed by atoms with E-state index in [1.807, 2.05) is 31.2 Å². The molecule has 0 aliphatic heterocycles. The molecule has 0 unspecified atom stereocenters. The number of methoxy groups -OCH3 is 2. The summed E-state index contributed by atoms with van der Waals surface area (Å²) in [5, 5.41) is 8.77. The van der Waals surface area contributed by atoms with Crippen LogP contribution in [0.3, 0.4) is 0 Å². The van der Waals surface area contributed by atoms with E-state index in [9.17, 15) is 9.59 Å². The van der Waals surface area contributed by atoms with Crippen molar-refractivity contribution in [3.8, 4) is 0 Å². The second-order valence-electron chi connectivity index (χ2n) is 6.27. The van der Waals surface area contributed by atoms with Gasteiger partial charge < -0.3 is 23.4 Å². The molecule has 3 aromatic rings. The van der Waals surface area contributed by atoms with Crippen molar-refractivity contribution in [1.82, 2.24) is 0 Å². The van der Waals surface area contributed by atoms with Crippen LogP contribution in [0.5, 0.6) is 0 Å². The van der Waals surface area contributed by atoms with Crippen molar-refractivity contribution in [1.29, 1.82) is 0 Å². The van der Waals surface area contributed by atoms with Crippen molar-refractivity contribution in [3.63, 3.8) is 0 Å². The van der Waals surface area contributed by atoms with E-state index in [4.69, 9.17) is 13.9 Å². The van der Waals surface area contributed by atoms with Crippen LogP contribution < -0.4 is 0 Å². The molecule has 0 bridgehead atoms. The van der Waals surface area contributed by atoms with Gasteiger partial charge in [0.15, 0.2) is 0 Å². The lowest BCUT2D eigenvalue weighted by Gasteiger charge is -2.00. The molecule has 0 fully saturated rings. The molecule has 2 heterocycles. The highest BCUT2D eigenvalue weighted by Crippen LogP contribution is 2.27. The predicted octanol–water partition coefficient (Wildman–Crippen LogP) is 5.30. The summed E-state index contributed by atoms with van der Waals surface area (Å²) in [5.74, 6) is 1.46. The monoisotopic (exact) mass is 510 g/mol. The fraction of sp³-hybridized carbons (Fsp3) is 0.273. The van der Waals surface area contributed by atoms with E-state index >= 15 is 0 Å². The van der Waals surface area contributed by atoms with Gasteiger partial charge in [0, 0.05) is 26.2 Å². The highest BCUT2D eigenvalue weighted by Gasteiger charge is 2.15. The second kappa shape index (κ2) is 11.8. The standard InChI is InChI=1S/C14H13BrO3S.C8H10O4/c1-9-10(7-13(18-9)14(16)17-2)8-19-12-5-3-11(15)4-6-12;1-5-6(4-9)3-7(12-5)8(10)11-2/h3-7H,8H2,1-2H3;3,9H,4H2,1-2H3. The van der Waals surface area contributed by atoms with Gasteiger partial charge in [0.1, 0.15) is 11.5 Å². The van der Waals surface area contributed by atoms with Gasteiger partial charge in [-0.15, -0.1) is 11.8 Å². The number of halogens is 1. The van der Waals surface area contributed by atoms with Gasteiger partial charge in [-0.05, 0) is 50.2 Å². The molecule has 1 aromatic carbocycles. The molecule has 0 saturated heterocycles. The molecule has 166 valence electrons. The smallest absolute Gasteiger partial charge is 0.373 e. The van der Waals surface area contributed by atoms with Crippen LogP contribution in [0.4, 0.5) is 0 Å². The highest BCUT2D eigenvalue weighted by molar-refractivity contribution is 9.10. The summed E-state index contributed by atoms with van der Waals surface area (Å²) < 4.78 is 20.5. The average molecular weight is 511 g/mol. The van der Waals surface area contributed by atoms with Crippen molar-refractivity contribution >= 4 is 39.6 Å². The van der Waals surface area contributed by atoms with E-state index in [0.29, 0.717) is 11.3 Å². The number of aliphatic hydroxyl groups is 1. The maximum Gasteiger partial charge on any atom is 0.373 e. The van der Waals surface area contributed by atoms with Gasteiger partial charge in [-0.3, -0.25) is 0 Å². The summed E-state index contributed by atoms with van der Waals surface area (Å²) in [6.45, 7) is 3.40. The fourth-order valence-electron chi connectivity index (χ4n) is 2.43. The van der Waals surface area contributed by atoms with E-state index in [-0.39, 0.29) is 18.1 Å². The minimum Gasteiger partial charge on any atom is -0.463 e. The lowest BCUT2D eigenvalue weighted by atomic mass is 10.2. The number of hydrogen-bond donors (Lipinski definition) is 1. The Morgan fingerprint density at radius 3 is 1.87 bits per heavy atom. The van der Waals surface area contributed by atoms with Crippen LogP contribution in [-0.2, 0) is 21.8 Å². The van der Waals surface area contributed by atoms with Crippen LogP contribution in [0.2, 0.25) is 0 Å². The van der Waals surface area contributed by atoms with Crippen LogP contribution >= 0.6 is 27.7 Å². The maximum atomic E-state index is 11.4. The number of carbonyl (C=O) groups excluding carboxylic acids is 2. The van der Waals surface area contributed by atoms with E-state index in [2.05, 4.69) is 25.4 Å². The van der Waals surface area contributed by atoms with E-state index in [1.165, 1.54) is 25.2 Å². The Bertz CT molecular complexity index is 1020. The lowest BCUT2D eigenvalue weighted by molar-refractivity contribution is 0.0556. The first-order valence-corrected chi connectivity index (χ1v) is 10.9.